The second-order valence-corrected chi connectivity index (χ2v) is 6.69. The Kier molecular flexibility index (Phi) is 3.98. The summed E-state index contributed by atoms with van der Waals surface area (Å²) in [6.45, 7) is 3.22. The maximum absolute atomic E-state index is 11.8. The summed E-state index contributed by atoms with van der Waals surface area (Å²) in [5.41, 5.74) is 0.829. The molecule has 0 aromatic heterocycles. The number of carbonyl (C=O) groups is 2. The number of ether oxygens (including phenoxy) is 1. The predicted octanol–water partition coefficient (Wildman–Crippen LogP) is 3.06. The highest BCUT2D eigenvalue weighted by Crippen LogP contribution is 2.64. The van der Waals surface area contributed by atoms with Gasteiger partial charge in [-0.15, -0.1) is 23.2 Å². The minimum atomic E-state index is -1.09. The fourth-order valence-corrected chi connectivity index (χ4v) is 2.43. The third-order valence-corrected chi connectivity index (χ3v) is 4.48. The lowest BCUT2D eigenvalue weighted by atomic mass is 10.1. The first-order valence-electron chi connectivity index (χ1n) is 6.16. The van der Waals surface area contributed by atoms with Crippen molar-refractivity contribution in [3.05, 3.63) is 29.8 Å². The molecule has 1 aliphatic carbocycles. The van der Waals surface area contributed by atoms with Gasteiger partial charge >= 0.3 is 5.97 Å². The second kappa shape index (κ2) is 5.26. The molecule has 0 unspecified atom stereocenters. The summed E-state index contributed by atoms with van der Waals surface area (Å²) in [4.78, 5) is 23.4. The third-order valence-electron chi connectivity index (χ3n) is 3.38. The molecule has 0 aliphatic heterocycles. The largest absolute Gasteiger partial charge is 0.455 e. The SMILES string of the molecule is Cc1ccc(NC(=O)COC(=O)[C@@]2(C)CC2(Cl)Cl)cc1. The minimum absolute atomic E-state index is 0.335. The van der Waals surface area contributed by atoms with E-state index in [4.69, 9.17) is 27.9 Å². The Bertz CT molecular complexity index is 542. The first kappa shape index (κ1) is 15.1. The molecule has 2 rings (SSSR count). The quantitative estimate of drug-likeness (QED) is 0.686. The molecule has 0 saturated heterocycles. The standard InChI is InChI=1S/C14H15Cl2NO3/c1-9-3-5-10(6-4-9)17-11(18)7-20-12(19)13(2)8-14(13,15)16/h3-6H,7-8H2,1-2H3,(H,17,18)/t13-/m1/s1. The van der Waals surface area contributed by atoms with E-state index in [1.807, 2.05) is 19.1 Å². The lowest BCUT2D eigenvalue weighted by Gasteiger charge is -2.11. The molecule has 1 atom stereocenters. The fraction of sp³-hybridized carbons (Fsp3) is 0.429. The molecule has 1 fully saturated rings. The van der Waals surface area contributed by atoms with Crippen LogP contribution in [0.1, 0.15) is 18.9 Å². The Morgan fingerprint density at radius 3 is 2.35 bits per heavy atom. The molecule has 108 valence electrons. The molecule has 0 spiro atoms. The number of anilines is 1. The second-order valence-electron chi connectivity index (χ2n) is 5.20. The van der Waals surface area contributed by atoms with Crippen LogP contribution in [0.15, 0.2) is 24.3 Å². The average molecular weight is 316 g/mol. The zero-order valence-corrected chi connectivity index (χ0v) is 12.7. The molecular formula is C14H15Cl2NO3. The highest BCUT2D eigenvalue weighted by atomic mass is 35.5. The number of hydrogen-bond donors (Lipinski definition) is 1. The van der Waals surface area contributed by atoms with Gasteiger partial charge in [0.1, 0.15) is 9.75 Å². The van der Waals surface area contributed by atoms with Gasteiger partial charge in [-0.3, -0.25) is 9.59 Å². The average Bonchev–Trinajstić information content (AvgIpc) is 2.90. The molecule has 0 radical (unpaired) electrons. The number of carbonyl (C=O) groups excluding carboxylic acids is 2. The summed E-state index contributed by atoms with van der Waals surface area (Å²) in [5.74, 6) is -0.956. The van der Waals surface area contributed by atoms with Crippen molar-refractivity contribution < 1.29 is 14.3 Å². The van der Waals surface area contributed by atoms with Crippen molar-refractivity contribution in [2.24, 2.45) is 5.41 Å². The van der Waals surface area contributed by atoms with E-state index >= 15 is 0 Å². The Morgan fingerprint density at radius 1 is 1.30 bits per heavy atom. The van der Waals surface area contributed by atoms with E-state index in [1.54, 1.807) is 19.1 Å². The van der Waals surface area contributed by atoms with E-state index in [-0.39, 0.29) is 6.61 Å². The number of benzene rings is 1. The van der Waals surface area contributed by atoms with E-state index in [9.17, 15) is 9.59 Å². The number of aryl methyl sites for hydroxylation is 1. The van der Waals surface area contributed by atoms with Crippen molar-refractivity contribution in [1.29, 1.82) is 0 Å². The van der Waals surface area contributed by atoms with Crippen LogP contribution in [0, 0.1) is 12.3 Å². The monoisotopic (exact) mass is 315 g/mol. The first-order valence-corrected chi connectivity index (χ1v) is 6.92. The van der Waals surface area contributed by atoms with Gasteiger partial charge in [-0.1, -0.05) is 17.7 Å². The smallest absolute Gasteiger partial charge is 0.315 e. The van der Waals surface area contributed by atoms with Gasteiger partial charge in [0.25, 0.3) is 5.91 Å². The molecule has 0 heterocycles. The molecular weight excluding hydrogens is 301 g/mol. The zero-order valence-electron chi connectivity index (χ0n) is 11.2. The van der Waals surface area contributed by atoms with Crippen LogP contribution in [0.25, 0.3) is 0 Å². The summed E-state index contributed by atoms with van der Waals surface area (Å²) in [6.07, 6.45) is 0.335. The van der Waals surface area contributed by atoms with Crippen LogP contribution < -0.4 is 5.32 Å². The van der Waals surface area contributed by atoms with E-state index in [0.29, 0.717) is 12.1 Å². The van der Waals surface area contributed by atoms with Gasteiger partial charge in [-0.2, -0.15) is 0 Å². The van der Waals surface area contributed by atoms with E-state index in [1.165, 1.54) is 0 Å². The molecule has 6 heteroatoms. The number of halogens is 2. The van der Waals surface area contributed by atoms with Crippen LogP contribution in [-0.4, -0.2) is 22.8 Å². The Balaban J connectivity index is 1.81. The van der Waals surface area contributed by atoms with Crippen molar-refractivity contribution in [3.63, 3.8) is 0 Å². The van der Waals surface area contributed by atoms with Crippen LogP contribution in [0.3, 0.4) is 0 Å². The van der Waals surface area contributed by atoms with Gasteiger partial charge in [0.2, 0.25) is 0 Å². The number of alkyl halides is 2. The summed E-state index contributed by atoms with van der Waals surface area (Å²) in [7, 11) is 0. The highest BCUT2D eigenvalue weighted by molar-refractivity contribution is 6.53. The summed E-state index contributed by atoms with van der Waals surface area (Å²) in [6, 6.07) is 7.31. The van der Waals surface area contributed by atoms with Crippen molar-refractivity contribution in [1.82, 2.24) is 0 Å². The van der Waals surface area contributed by atoms with Gasteiger partial charge in [-0.05, 0) is 26.0 Å². The van der Waals surface area contributed by atoms with Crippen LogP contribution in [0.5, 0.6) is 0 Å². The summed E-state index contributed by atoms with van der Waals surface area (Å²) in [5, 5.41) is 2.63. The van der Waals surface area contributed by atoms with E-state index in [0.717, 1.165) is 5.56 Å². The fourth-order valence-electron chi connectivity index (χ4n) is 1.75. The Labute approximate surface area is 127 Å². The van der Waals surface area contributed by atoms with E-state index in [2.05, 4.69) is 5.32 Å². The normalized spacial score (nSPS) is 23.0. The van der Waals surface area contributed by atoms with Crippen LogP contribution in [0.4, 0.5) is 5.69 Å². The predicted molar refractivity (Wildman–Crippen MR) is 77.9 cm³/mol. The minimum Gasteiger partial charge on any atom is -0.455 e. The number of nitrogens with one attached hydrogen (secondary N) is 1. The maximum Gasteiger partial charge on any atom is 0.315 e. The summed E-state index contributed by atoms with van der Waals surface area (Å²) < 4.78 is 3.86. The topological polar surface area (TPSA) is 55.4 Å². The first-order chi connectivity index (χ1) is 9.24. The molecule has 1 aromatic rings. The number of esters is 1. The lowest BCUT2D eigenvalue weighted by molar-refractivity contribution is -0.152. The number of rotatable bonds is 4. The van der Waals surface area contributed by atoms with E-state index < -0.39 is 21.6 Å². The molecule has 1 saturated carbocycles. The highest BCUT2D eigenvalue weighted by Gasteiger charge is 2.69. The Morgan fingerprint density at radius 2 is 1.85 bits per heavy atom. The Hall–Kier alpha value is -1.26. The molecule has 20 heavy (non-hydrogen) atoms. The van der Waals surface area contributed by atoms with Crippen LogP contribution in [-0.2, 0) is 14.3 Å². The molecule has 4 nitrogen and oxygen atoms in total. The molecule has 1 aliphatic rings. The van der Waals surface area contributed by atoms with Gasteiger partial charge in [0.05, 0.1) is 0 Å². The van der Waals surface area contributed by atoms with Crippen molar-refractivity contribution >= 4 is 40.8 Å². The number of hydrogen-bond acceptors (Lipinski definition) is 3. The summed E-state index contributed by atoms with van der Waals surface area (Å²) >= 11 is 11.7. The molecule has 1 amide bonds. The van der Waals surface area contributed by atoms with Crippen molar-refractivity contribution in [2.45, 2.75) is 24.6 Å². The lowest BCUT2D eigenvalue weighted by Crippen LogP contribution is -2.26. The van der Waals surface area contributed by atoms with Crippen LogP contribution >= 0.6 is 23.2 Å². The molecule has 1 aromatic carbocycles. The zero-order chi connectivity index (χ0) is 15.0. The maximum atomic E-state index is 11.8. The van der Waals surface area contributed by atoms with Crippen LogP contribution in [0.2, 0.25) is 0 Å². The molecule has 0 bridgehead atoms. The van der Waals surface area contributed by atoms with Gasteiger partial charge in [0, 0.05) is 12.1 Å². The third kappa shape index (κ3) is 3.07. The van der Waals surface area contributed by atoms with Gasteiger partial charge in [-0.25, -0.2) is 0 Å². The van der Waals surface area contributed by atoms with Gasteiger partial charge < -0.3 is 10.1 Å². The van der Waals surface area contributed by atoms with Gasteiger partial charge in [0.15, 0.2) is 6.61 Å². The number of amides is 1. The van der Waals surface area contributed by atoms with Crippen molar-refractivity contribution in [2.75, 3.05) is 11.9 Å². The van der Waals surface area contributed by atoms with Crippen molar-refractivity contribution in [3.8, 4) is 0 Å². The molecule has 1 N–H and O–H groups in total.